The van der Waals surface area contributed by atoms with E-state index in [4.69, 9.17) is 5.10 Å². The van der Waals surface area contributed by atoms with Crippen LogP contribution in [0.15, 0.2) is 34.5 Å². The lowest BCUT2D eigenvalue weighted by molar-refractivity contribution is 0.671. The molecule has 0 saturated carbocycles. The van der Waals surface area contributed by atoms with Crippen molar-refractivity contribution in [3.05, 3.63) is 41.2 Å². The molecule has 0 spiro atoms. The Morgan fingerprint density at radius 2 is 1.86 bits per heavy atom. The summed E-state index contributed by atoms with van der Waals surface area (Å²) in [5, 5.41) is 14.2. The smallest absolute Gasteiger partial charge is 0.191 e. The van der Waals surface area contributed by atoms with Crippen LogP contribution in [0.3, 0.4) is 0 Å². The number of hydrogen-bond donors (Lipinski definition) is 0. The average Bonchev–Trinajstić information content (AvgIpc) is 2.96. The van der Waals surface area contributed by atoms with Gasteiger partial charge in [-0.15, -0.1) is 10.2 Å². The second-order valence-corrected chi connectivity index (χ2v) is 6.54. The molecular weight excluding hydrogens is 292 g/mol. The molecule has 1 aromatic carbocycles. The zero-order valence-electron chi connectivity index (χ0n) is 13.2. The number of rotatable bonds is 6. The second kappa shape index (κ2) is 7.09. The quantitative estimate of drug-likeness (QED) is 0.811. The van der Waals surface area contributed by atoms with Gasteiger partial charge in [-0.2, -0.15) is 9.78 Å². The van der Waals surface area contributed by atoms with E-state index in [1.54, 1.807) is 11.8 Å². The molecule has 2 heterocycles. The summed E-state index contributed by atoms with van der Waals surface area (Å²) in [7, 11) is 0. The monoisotopic (exact) mass is 314 g/mol. The fraction of sp³-hybridized carbons (Fsp3) is 0.471. The van der Waals surface area contributed by atoms with Crippen LogP contribution in [0.4, 0.5) is 0 Å². The van der Waals surface area contributed by atoms with Crippen LogP contribution in [-0.2, 0) is 12.8 Å². The van der Waals surface area contributed by atoms with E-state index in [-0.39, 0.29) is 0 Å². The highest BCUT2D eigenvalue weighted by molar-refractivity contribution is 7.99. The summed E-state index contributed by atoms with van der Waals surface area (Å²) < 4.78 is 1.93. The molecule has 0 N–H and O–H groups in total. The number of aryl methyl sites for hydroxylation is 2. The molecule has 116 valence electrons. The molecular formula is C17H22N4S. The molecule has 0 saturated heterocycles. The molecule has 0 atom stereocenters. The molecule has 2 aromatic rings. The zero-order valence-corrected chi connectivity index (χ0v) is 14.1. The molecule has 0 amide bonds. The average molecular weight is 314 g/mol. The van der Waals surface area contributed by atoms with Crippen molar-refractivity contribution in [1.29, 1.82) is 0 Å². The number of fused-ring (bicyclic) bond motifs is 1. The van der Waals surface area contributed by atoms with Crippen LogP contribution >= 0.6 is 11.8 Å². The van der Waals surface area contributed by atoms with Crippen LogP contribution in [0.5, 0.6) is 0 Å². The van der Waals surface area contributed by atoms with E-state index >= 15 is 0 Å². The standard InChI is InChI=1S/C17H22N4S/c1-3-5-7-16-18-19-17-21(16)20-15(12-22-17)14-10-8-13(6-4-2)9-11-14/h8-11H,3-7,12H2,1-2H3. The Morgan fingerprint density at radius 3 is 2.59 bits per heavy atom. The molecule has 1 aromatic heterocycles. The largest absolute Gasteiger partial charge is 0.212 e. The lowest BCUT2D eigenvalue weighted by Crippen LogP contribution is -2.14. The lowest BCUT2D eigenvalue weighted by Gasteiger charge is -2.14. The van der Waals surface area contributed by atoms with E-state index in [0.717, 1.165) is 48.1 Å². The summed E-state index contributed by atoms with van der Waals surface area (Å²) in [5.41, 5.74) is 3.70. The lowest BCUT2D eigenvalue weighted by atomic mass is 10.1. The molecule has 3 rings (SSSR count). The van der Waals surface area contributed by atoms with Gasteiger partial charge in [0.1, 0.15) is 0 Å². The van der Waals surface area contributed by atoms with Crippen LogP contribution in [0.1, 0.15) is 50.1 Å². The highest BCUT2D eigenvalue weighted by atomic mass is 32.2. The van der Waals surface area contributed by atoms with Crippen LogP contribution in [0.2, 0.25) is 0 Å². The van der Waals surface area contributed by atoms with Crippen molar-refractivity contribution in [3.8, 4) is 0 Å². The van der Waals surface area contributed by atoms with Gasteiger partial charge in [-0.25, -0.2) is 0 Å². The maximum Gasteiger partial charge on any atom is 0.212 e. The molecule has 22 heavy (non-hydrogen) atoms. The van der Waals surface area contributed by atoms with Crippen molar-refractivity contribution in [3.63, 3.8) is 0 Å². The van der Waals surface area contributed by atoms with Crippen LogP contribution in [0.25, 0.3) is 0 Å². The van der Waals surface area contributed by atoms with Gasteiger partial charge in [0.2, 0.25) is 5.16 Å². The molecule has 0 bridgehead atoms. The number of benzene rings is 1. The first-order chi connectivity index (χ1) is 10.8. The highest BCUT2D eigenvalue weighted by Gasteiger charge is 2.19. The first-order valence-electron chi connectivity index (χ1n) is 8.06. The number of hydrogen-bond acceptors (Lipinski definition) is 4. The van der Waals surface area contributed by atoms with Gasteiger partial charge in [-0.05, 0) is 24.0 Å². The molecule has 5 heteroatoms. The SMILES string of the molecule is CCCCc1nnc2n1N=C(c1ccc(CCC)cc1)CS2. The van der Waals surface area contributed by atoms with Gasteiger partial charge in [0.15, 0.2) is 5.82 Å². The summed E-state index contributed by atoms with van der Waals surface area (Å²) in [6.07, 6.45) is 5.54. The summed E-state index contributed by atoms with van der Waals surface area (Å²) in [6.45, 7) is 4.40. The van der Waals surface area contributed by atoms with E-state index in [9.17, 15) is 0 Å². The van der Waals surface area contributed by atoms with Gasteiger partial charge < -0.3 is 0 Å². The highest BCUT2D eigenvalue weighted by Crippen LogP contribution is 2.24. The molecule has 0 fully saturated rings. The third-order valence-corrected chi connectivity index (χ3v) is 4.75. The fourth-order valence-electron chi connectivity index (χ4n) is 2.55. The van der Waals surface area contributed by atoms with Crippen molar-refractivity contribution < 1.29 is 0 Å². The van der Waals surface area contributed by atoms with E-state index in [2.05, 4.69) is 48.3 Å². The Hall–Kier alpha value is -1.62. The second-order valence-electron chi connectivity index (χ2n) is 5.60. The van der Waals surface area contributed by atoms with Crippen molar-refractivity contribution in [2.45, 2.75) is 51.1 Å². The maximum absolute atomic E-state index is 4.79. The Kier molecular flexibility index (Phi) is 4.93. The Morgan fingerprint density at radius 1 is 1.05 bits per heavy atom. The van der Waals surface area contributed by atoms with Gasteiger partial charge in [-0.1, -0.05) is 62.7 Å². The van der Waals surface area contributed by atoms with Crippen molar-refractivity contribution in [1.82, 2.24) is 14.9 Å². The number of thioether (sulfide) groups is 1. The number of nitrogens with zero attached hydrogens (tertiary/aromatic N) is 4. The third-order valence-electron chi connectivity index (χ3n) is 3.82. The van der Waals surface area contributed by atoms with Crippen molar-refractivity contribution in [2.75, 3.05) is 5.75 Å². The van der Waals surface area contributed by atoms with E-state index < -0.39 is 0 Å². The maximum atomic E-state index is 4.79. The minimum atomic E-state index is 0.860. The first-order valence-corrected chi connectivity index (χ1v) is 9.04. The van der Waals surface area contributed by atoms with Gasteiger partial charge >= 0.3 is 0 Å². The summed E-state index contributed by atoms with van der Waals surface area (Å²) >= 11 is 1.72. The molecule has 0 aliphatic carbocycles. The number of aromatic nitrogens is 3. The van der Waals surface area contributed by atoms with E-state index in [0.29, 0.717) is 0 Å². The van der Waals surface area contributed by atoms with Crippen molar-refractivity contribution >= 4 is 17.5 Å². The first kappa shape index (κ1) is 15.3. The molecule has 1 aliphatic rings. The van der Waals surface area contributed by atoms with Crippen LogP contribution in [0, 0.1) is 0 Å². The third kappa shape index (κ3) is 3.24. The zero-order chi connectivity index (χ0) is 15.4. The predicted molar refractivity (Wildman–Crippen MR) is 91.7 cm³/mol. The minimum Gasteiger partial charge on any atom is -0.191 e. The molecule has 0 radical (unpaired) electrons. The Balaban J connectivity index is 1.84. The van der Waals surface area contributed by atoms with Crippen LogP contribution in [-0.4, -0.2) is 26.3 Å². The number of unbranched alkanes of at least 4 members (excludes halogenated alkanes) is 1. The van der Waals surface area contributed by atoms with Crippen LogP contribution < -0.4 is 0 Å². The fourth-order valence-corrected chi connectivity index (χ4v) is 3.41. The molecule has 4 nitrogen and oxygen atoms in total. The van der Waals surface area contributed by atoms with E-state index in [1.807, 2.05) is 4.68 Å². The molecule has 1 aliphatic heterocycles. The summed E-state index contributed by atoms with van der Waals surface area (Å²) in [4.78, 5) is 0. The minimum absolute atomic E-state index is 0.860. The normalized spacial score (nSPS) is 13.8. The van der Waals surface area contributed by atoms with Gasteiger partial charge in [0, 0.05) is 12.2 Å². The van der Waals surface area contributed by atoms with E-state index in [1.165, 1.54) is 17.5 Å². The van der Waals surface area contributed by atoms with Gasteiger partial charge in [0.25, 0.3) is 0 Å². The topological polar surface area (TPSA) is 43.1 Å². The Labute approximate surface area is 136 Å². The Bertz CT molecular complexity index is 658. The molecule has 0 unspecified atom stereocenters. The van der Waals surface area contributed by atoms with Gasteiger partial charge in [-0.3, -0.25) is 0 Å². The van der Waals surface area contributed by atoms with Crippen molar-refractivity contribution in [2.24, 2.45) is 5.10 Å². The summed E-state index contributed by atoms with van der Waals surface area (Å²) in [5.74, 6) is 1.84. The summed E-state index contributed by atoms with van der Waals surface area (Å²) in [6, 6.07) is 8.80. The van der Waals surface area contributed by atoms with Gasteiger partial charge in [0.05, 0.1) is 5.71 Å². The predicted octanol–water partition coefficient (Wildman–Crippen LogP) is 3.93.